The van der Waals surface area contributed by atoms with Gasteiger partial charge in [-0.2, -0.15) is 5.26 Å². The molecule has 0 saturated carbocycles. The highest BCUT2D eigenvalue weighted by Crippen LogP contribution is 2.11. The minimum atomic E-state index is -0.786. The number of amides is 3. The first-order valence-corrected chi connectivity index (χ1v) is 7.29. The molecule has 0 aliphatic rings. The van der Waals surface area contributed by atoms with Crippen molar-refractivity contribution in [3.8, 4) is 6.07 Å². The molecule has 23 heavy (non-hydrogen) atoms. The Morgan fingerprint density at radius 1 is 1.30 bits per heavy atom. The molecule has 1 aromatic rings. The van der Waals surface area contributed by atoms with Gasteiger partial charge in [-0.05, 0) is 37.5 Å². The van der Waals surface area contributed by atoms with Crippen molar-refractivity contribution in [2.24, 2.45) is 5.73 Å². The zero-order valence-corrected chi connectivity index (χ0v) is 13.0. The Morgan fingerprint density at radius 2 is 2.04 bits per heavy atom. The summed E-state index contributed by atoms with van der Waals surface area (Å²) in [5.74, 6) is -1.30. The van der Waals surface area contributed by atoms with Gasteiger partial charge in [-0.15, -0.1) is 0 Å². The molecule has 1 rings (SSSR count). The lowest BCUT2D eigenvalue weighted by Gasteiger charge is -2.15. The van der Waals surface area contributed by atoms with E-state index in [0.29, 0.717) is 36.9 Å². The number of hydrogen-bond acceptors (Lipinski definition) is 4. The van der Waals surface area contributed by atoms with Crippen molar-refractivity contribution < 1.29 is 14.4 Å². The van der Waals surface area contributed by atoms with E-state index in [9.17, 15) is 14.4 Å². The van der Waals surface area contributed by atoms with Gasteiger partial charge in [0.05, 0.1) is 6.07 Å². The van der Waals surface area contributed by atoms with Crippen LogP contribution in [0.25, 0.3) is 0 Å². The second-order valence-corrected chi connectivity index (χ2v) is 5.09. The zero-order valence-electron chi connectivity index (χ0n) is 13.0. The molecule has 4 N–H and O–H groups in total. The molecule has 0 saturated heterocycles. The molecule has 1 atom stereocenters. The molecular weight excluding hydrogens is 296 g/mol. The summed E-state index contributed by atoms with van der Waals surface area (Å²) in [4.78, 5) is 34.7. The van der Waals surface area contributed by atoms with E-state index in [-0.39, 0.29) is 5.91 Å². The van der Waals surface area contributed by atoms with Crippen LogP contribution in [0.1, 0.15) is 43.0 Å². The second kappa shape index (κ2) is 9.20. The number of rotatable bonds is 8. The lowest BCUT2D eigenvalue weighted by molar-refractivity contribution is -0.120. The molecule has 1 aromatic carbocycles. The number of nitrogens with one attached hydrogen (secondary N) is 2. The predicted molar refractivity (Wildman–Crippen MR) is 85.3 cm³/mol. The predicted octanol–water partition coefficient (Wildman–Crippen LogP) is 1.31. The fraction of sp³-hybridized carbons (Fsp3) is 0.375. The van der Waals surface area contributed by atoms with E-state index < -0.39 is 17.9 Å². The number of primary amides is 1. The topological polar surface area (TPSA) is 125 Å². The fourth-order valence-corrected chi connectivity index (χ4v) is 2.02. The third kappa shape index (κ3) is 6.61. The van der Waals surface area contributed by atoms with Crippen molar-refractivity contribution in [3.05, 3.63) is 29.8 Å². The Labute approximate surface area is 134 Å². The molecule has 0 unspecified atom stereocenters. The molecular formula is C16H20N4O3. The first kappa shape index (κ1) is 18.2. The van der Waals surface area contributed by atoms with Gasteiger partial charge in [0.25, 0.3) is 5.91 Å². The second-order valence-electron chi connectivity index (χ2n) is 5.09. The number of benzene rings is 1. The molecule has 0 spiro atoms. The van der Waals surface area contributed by atoms with Gasteiger partial charge < -0.3 is 16.4 Å². The molecule has 0 bridgehead atoms. The normalized spacial score (nSPS) is 11.1. The van der Waals surface area contributed by atoms with Crippen molar-refractivity contribution in [1.29, 1.82) is 5.26 Å². The molecule has 3 amide bonds. The highest BCUT2D eigenvalue weighted by Gasteiger charge is 2.18. The van der Waals surface area contributed by atoms with E-state index in [2.05, 4.69) is 10.6 Å². The van der Waals surface area contributed by atoms with Gasteiger partial charge in [0.1, 0.15) is 6.04 Å². The SMILES string of the molecule is CC(=O)Nc1cccc(C(=O)N[C@H](CCCCC#N)C(N)=O)c1. The standard InChI is InChI=1S/C16H20N4O3/c1-11(21)19-13-7-5-6-12(10-13)16(23)20-14(15(18)22)8-3-2-4-9-17/h5-7,10,14H,2-4,8H2,1H3,(H2,18,22)(H,19,21)(H,20,23)/t14-/m1/s1. The number of hydrogen-bond donors (Lipinski definition) is 3. The molecule has 0 heterocycles. The highest BCUT2D eigenvalue weighted by molar-refractivity contribution is 5.99. The maximum absolute atomic E-state index is 12.2. The van der Waals surface area contributed by atoms with Crippen molar-refractivity contribution in [3.63, 3.8) is 0 Å². The van der Waals surface area contributed by atoms with Crippen LogP contribution < -0.4 is 16.4 Å². The van der Waals surface area contributed by atoms with E-state index in [1.165, 1.54) is 13.0 Å². The van der Waals surface area contributed by atoms with Crippen LogP contribution in [0.4, 0.5) is 5.69 Å². The molecule has 7 nitrogen and oxygen atoms in total. The van der Waals surface area contributed by atoms with Gasteiger partial charge in [-0.1, -0.05) is 6.07 Å². The lowest BCUT2D eigenvalue weighted by atomic mass is 10.1. The number of carbonyl (C=O) groups is 3. The molecule has 0 aliphatic heterocycles. The van der Waals surface area contributed by atoms with E-state index in [1.807, 2.05) is 6.07 Å². The van der Waals surface area contributed by atoms with Gasteiger partial charge in [0.2, 0.25) is 11.8 Å². The first-order valence-electron chi connectivity index (χ1n) is 7.29. The van der Waals surface area contributed by atoms with Crippen LogP contribution in [-0.4, -0.2) is 23.8 Å². The van der Waals surface area contributed by atoms with Crippen LogP contribution in [-0.2, 0) is 9.59 Å². The summed E-state index contributed by atoms with van der Waals surface area (Å²) in [6, 6.07) is 7.62. The number of unbranched alkanes of at least 4 members (excludes halogenated alkanes) is 2. The Kier molecular flexibility index (Phi) is 7.27. The molecule has 0 aromatic heterocycles. The minimum absolute atomic E-state index is 0.241. The van der Waals surface area contributed by atoms with Crippen molar-refractivity contribution in [1.82, 2.24) is 5.32 Å². The molecule has 0 aliphatic carbocycles. The summed E-state index contributed by atoms with van der Waals surface area (Å²) in [6.45, 7) is 1.37. The van der Waals surface area contributed by atoms with Crippen LogP contribution in [0, 0.1) is 11.3 Å². The number of carbonyl (C=O) groups excluding carboxylic acids is 3. The molecule has 7 heteroatoms. The Morgan fingerprint density at radius 3 is 2.65 bits per heavy atom. The highest BCUT2D eigenvalue weighted by atomic mass is 16.2. The smallest absolute Gasteiger partial charge is 0.252 e. The van der Waals surface area contributed by atoms with E-state index in [1.54, 1.807) is 18.2 Å². The Bertz CT molecular complexity index is 622. The van der Waals surface area contributed by atoms with Crippen LogP contribution in [0.2, 0.25) is 0 Å². The van der Waals surface area contributed by atoms with Gasteiger partial charge in [0.15, 0.2) is 0 Å². The number of nitriles is 1. The maximum Gasteiger partial charge on any atom is 0.252 e. The monoisotopic (exact) mass is 316 g/mol. The minimum Gasteiger partial charge on any atom is -0.368 e. The summed E-state index contributed by atoms with van der Waals surface area (Å²) in [6.07, 6.45) is 2.05. The van der Waals surface area contributed by atoms with Crippen molar-refractivity contribution >= 4 is 23.4 Å². The largest absolute Gasteiger partial charge is 0.368 e. The van der Waals surface area contributed by atoms with Gasteiger partial charge in [-0.25, -0.2) is 0 Å². The van der Waals surface area contributed by atoms with E-state index >= 15 is 0 Å². The summed E-state index contributed by atoms with van der Waals surface area (Å²) in [5, 5.41) is 13.6. The van der Waals surface area contributed by atoms with Crippen LogP contribution in [0.3, 0.4) is 0 Å². The van der Waals surface area contributed by atoms with Crippen LogP contribution >= 0.6 is 0 Å². The third-order valence-corrected chi connectivity index (χ3v) is 3.13. The lowest BCUT2D eigenvalue weighted by Crippen LogP contribution is -2.44. The zero-order chi connectivity index (χ0) is 17.2. The average molecular weight is 316 g/mol. The maximum atomic E-state index is 12.2. The fourth-order valence-electron chi connectivity index (χ4n) is 2.02. The summed E-state index contributed by atoms with van der Waals surface area (Å²) in [5.41, 5.74) is 6.11. The first-order chi connectivity index (χ1) is 10.9. The van der Waals surface area contributed by atoms with Crippen LogP contribution in [0.5, 0.6) is 0 Å². The average Bonchev–Trinajstić information content (AvgIpc) is 2.49. The number of anilines is 1. The van der Waals surface area contributed by atoms with Crippen molar-refractivity contribution in [2.45, 2.75) is 38.6 Å². The van der Waals surface area contributed by atoms with Gasteiger partial charge in [-0.3, -0.25) is 14.4 Å². The molecule has 0 fully saturated rings. The number of nitrogens with zero attached hydrogens (tertiary/aromatic N) is 1. The Balaban J connectivity index is 2.69. The third-order valence-electron chi connectivity index (χ3n) is 3.13. The number of nitrogens with two attached hydrogens (primary N) is 1. The van der Waals surface area contributed by atoms with Crippen molar-refractivity contribution in [2.75, 3.05) is 5.32 Å². The van der Waals surface area contributed by atoms with Gasteiger partial charge >= 0.3 is 0 Å². The quantitative estimate of drug-likeness (QED) is 0.625. The molecule has 122 valence electrons. The summed E-state index contributed by atoms with van der Waals surface area (Å²) >= 11 is 0. The van der Waals surface area contributed by atoms with E-state index in [0.717, 1.165) is 0 Å². The van der Waals surface area contributed by atoms with E-state index in [4.69, 9.17) is 11.0 Å². The Hall–Kier alpha value is -2.88. The van der Waals surface area contributed by atoms with Gasteiger partial charge in [0, 0.05) is 24.6 Å². The van der Waals surface area contributed by atoms with Crippen LogP contribution in [0.15, 0.2) is 24.3 Å². The summed E-state index contributed by atoms with van der Waals surface area (Å²) < 4.78 is 0. The molecule has 0 radical (unpaired) electrons. The summed E-state index contributed by atoms with van der Waals surface area (Å²) in [7, 11) is 0.